The van der Waals surface area contributed by atoms with Crippen LogP contribution in [0.1, 0.15) is 66.2 Å². The zero-order chi connectivity index (χ0) is 15.7. The fourth-order valence-electron chi connectivity index (χ4n) is 3.77. The van der Waals surface area contributed by atoms with E-state index in [-0.39, 0.29) is 11.7 Å². The van der Waals surface area contributed by atoms with E-state index in [2.05, 4.69) is 39.8 Å². The van der Waals surface area contributed by atoms with Crippen LogP contribution < -0.4 is 0 Å². The Bertz CT molecular complexity index is 526. The monoisotopic (exact) mass is 302 g/mol. The van der Waals surface area contributed by atoms with Crippen molar-refractivity contribution in [2.24, 2.45) is 0 Å². The Morgan fingerprint density at radius 2 is 1.91 bits per heavy atom. The van der Waals surface area contributed by atoms with Crippen molar-refractivity contribution in [2.45, 2.75) is 84.0 Å². The average molecular weight is 302 g/mol. The molecule has 0 N–H and O–H groups in total. The number of allylic oxidation sites excluding steroid dienone is 3. The number of rotatable bonds is 0. The third kappa shape index (κ3) is 3.55. The van der Waals surface area contributed by atoms with Crippen LogP contribution in [0.25, 0.3) is 0 Å². The molecule has 0 radical (unpaired) electrons. The molecule has 0 aromatic heterocycles. The van der Waals surface area contributed by atoms with Crippen LogP contribution in [-0.4, -0.2) is 24.4 Å². The summed E-state index contributed by atoms with van der Waals surface area (Å²) < 4.78 is 12.0. The third-order valence-corrected chi connectivity index (χ3v) is 5.57. The van der Waals surface area contributed by atoms with Crippen molar-refractivity contribution in [3.63, 3.8) is 0 Å². The predicted molar refractivity (Wildman–Crippen MR) is 90.9 cm³/mol. The molecule has 0 spiro atoms. The second kappa shape index (κ2) is 6.33. The van der Waals surface area contributed by atoms with E-state index in [4.69, 9.17) is 9.47 Å². The van der Waals surface area contributed by atoms with Gasteiger partial charge in [-0.15, -0.1) is 0 Å². The summed E-state index contributed by atoms with van der Waals surface area (Å²) in [4.78, 5) is 0. The standard InChI is InChI=1S/C20H30O2/c1-14-6-5-11-20(4)19(22-20)10-8-15(2)12-18-17(9-7-14)16(3)13-21-18/h6,12,18-19H,5,7-11,13H2,1-4H3/b14-6+,15-12+/t18-,19?,20?/m1/s1. The number of ether oxygens (including phenoxy) is 2. The van der Waals surface area contributed by atoms with Crippen molar-refractivity contribution in [2.75, 3.05) is 6.61 Å². The molecule has 0 amide bonds. The molecule has 0 aromatic rings. The van der Waals surface area contributed by atoms with E-state index in [0.717, 1.165) is 45.1 Å². The Morgan fingerprint density at radius 3 is 2.73 bits per heavy atom. The summed E-state index contributed by atoms with van der Waals surface area (Å²) >= 11 is 0. The van der Waals surface area contributed by atoms with Crippen molar-refractivity contribution < 1.29 is 9.47 Å². The second-order valence-electron chi connectivity index (χ2n) is 7.60. The SMILES string of the molecule is CC1=C2CC/C(C)=C/CCC3(C)OC3CC/C(C)=C/[C@H]2OC1. The molecule has 1 aliphatic carbocycles. The average Bonchev–Trinajstić information content (AvgIpc) is 2.98. The normalized spacial score (nSPS) is 41.6. The second-order valence-corrected chi connectivity index (χ2v) is 7.60. The van der Waals surface area contributed by atoms with E-state index >= 15 is 0 Å². The van der Waals surface area contributed by atoms with E-state index in [1.54, 1.807) is 0 Å². The fraction of sp³-hybridized carbons (Fsp3) is 0.700. The number of fused-ring (bicyclic) bond motifs is 2. The maximum absolute atomic E-state index is 5.99. The fourth-order valence-corrected chi connectivity index (χ4v) is 3.77. The molecule has 0 bridgehead atoms. The van der Waals surface area contributed by atoms with Crippen LogP contribution in [-0.2, 0) is 9.47 Å². The molecular weight excluding hydrogens is 272 g/mol. The van der Waals surface area contributed by atoms with Crippen molar-refractivity contribution in [3.8, 4) is 0 Å². The van der Waals surface area contributed by atoms with Crippen LogP contribution in [0.2, 0.25) is 0 Å². The molecule has 22 heavy (non-hydrogen) atoms. The summed E-state index contributed by atoms with van der Waals surface area (Å²) in [6.07, 6.45) is 12.3. The van der Waals surface area contributed by atoms with E-state index in [1.165, 1.54) is 22.3 Å². The minimum absolute atomic E-state index is 0.132. The number of epoxide rings is 1. The largest absolute Gasteiger partial charge is 0.366 e. The van der Waals surface area contributed by atoms with E-state index in [1.807, 2.05) is 0 Å². The summed E-state index contributed by atoms with van der Waals surface area (Å²) in [5, 5.41) is 0. The highest BCUT2D eigenvalue weighted by atomic mass is 16.6. The first-order valence-corrected chi connectivity index (χ1v) is 8.79. The van der Waals surface area contributed by atoms with Gasteiger partial charge in [0.2, 0.25) is 0 Å². The van der Waals surface area contributed by atoms with Crippen molar-refractivity contribution in [1.29, 1.82) is 0 Å². The zero-order valence-electron chi connectivity index (χ0n) is 14.6. The lowest BCUT2D eigenvalue weighted by Gasteiger charge is -2.14. The molecule has 2 nitrogen and oxygen atoms in total. The summed E-state index contributed by atoms with van der Waals surface area (Å²) in [5.41, 5.74) is 6.03. The molecule has 2 heteroatoms. The first-order valence-electron chi connectivity index (χ1n) is 8.79. The van der Waals surface area contributed by atoms with Crippen molar-refractivity contribution >= 4 is 0 Å². The summed E-state index contributed by atoms with van der Waals surface area (Å²) in [6, 6.07) is 0. The third-order valence-electron chi connectivity index (χ3n) is 5.57. The molecule has 3 rings (SSSR count). The molecule has 1 fully saturated rings. The Morgan fingerprint density at radius 1 is 1.09 bits per heavy atom. The van der Waals surface area contributed by atoms with Gasteiger partial charge in [0.15, 0.2) is 0 Å². The van der Waals surface area contributed by atoms with Crippen LogP contribution in [0.15, 0.2) is 34.4 Å². The molecule has 0 saturated carbocycles. The van der Waals surface area contributed by atoms with Gasteiger partial charge in [-0.2, -0.15) is 0 Å². The van der Waals surface area contributed by atoms with Gasteiger partial charge in [-0.25, -0.2) is 0 Å². The highest BCUT2D eigenvalue weighted by Crippen LogP contribution is 2.43. The van der Waals surface area contributed by atoms with Gasteiger partial charge in [-0.3, -0.25) is 0 Å². The van der Waals surface area contributed by atoms with E-state index in [9.17, 15) is 0 Å². The van der Waals surface area contributed by atoms with Crippen LogP contribution in [0, 0.1) is 0 Å². The molecule has 2 aliphatic heterocycles. The van der Waals surface area contributed by atoms with E-state index < -0.39 is 0 Å². The first kappa shape index (κ1) is 16.0. The van der Waals surface area contributed by atoms with Gasteiger partial charge in [0, 0.05) is 0 Å². The first-order chi connectivity index (χ1) is 10.5. The van der Waals surface area contributed by atoms with Gasteiger partial charge in [0.1, 0.15) is 0 Å². The Balaban J connectivity index is 1.76. The minimum Gasteiger partial charge on any atom is -0.366 e. The molecule has 1 saturated heterocycles. The minimum atomic E-state index is 0.132. The molecular formula is C20H30O2. The highest BCUT2D eigenvalue weighted by Gasteiger charge is 2.50. The summed E-state index contributed by atoms with van der Waals surface area (Å²) in [6.45, 7) is 9.81. The van der Waals surface area contributed by atoms with Crippen LogP contribution in [0.4, 0.5) is 0 Å². The summed E-state index contributed by atoms with van der Waals surface area (Å²) in [7, 11) is 0. The lowest BCUT2D eigenvalue weighted by atomic mass is 9.93. The maximum Gasteiger partial charge on any atom is 0.0977 e. The number of hydrogen-bond acceptors (Lipinski definition) is 2. The van der Waals surface area contributed by atoms with E-state index in [0.29, 0.717) is 6.10 Å². The van der Waals surface area contributed by atoms with Crippen molar-refractivity contribution in [3.05, 3.63) is 34.4 Å². The highest BCUT2D eigenvalue weighted by molar-refractivity contribution is 5.29. The van der Waals surface area contributed by atoms with Gasteiger partial charge < -0.3 is 9.47 Å². The molecule has 0 aromatic carbocycles. The lowest BCUT2D eigenvalue weighted by Crippen LogP contribution is -2.11. The topological polar surface area (TPSA) is 21.8 Å². The van der Waals surface area contributed by atoms with Gasteiger partial charge in [-0.05, 0) is 77.4 Å². The number of hydrogen-bond donors (Lipinski definition) is 0. The lowest BCUT2D eigenvalue weighted by molar-refractivity contribution is 0.150. The van der Waals surface area contributed by atoms with Gasteiger partial charge in [-0.1, -0.05) is 23.3 Å². The zero-order valence-corrected chi connectivity index (χ0v) is 14.6. The van der Waals surface area contributed by atoms with Gasteiger partial charge in [0.05, 0.1) is 24.4 Å². The smallest absolute Gasteiger partial charge is 0.0977 e. The Kier molecular flexibility index (Phi) is 4.61. The molecule has 122 valence electrons. The predicted octanol–water partition coefficient (Wildman–Crippen LogP) is 5.11. The molecule has 2 heterocycles. The van der Waals surface area contributed by atoms with Gasteiger partial charge in [0.25, 0.3) is 0 Å². The molecule has 3 aliphatic rings. The van der Waals surface area contributed by atoms with Crippen molar-refractivity contribution in [1.82, 2.24) is 0 Å². The molecule has 2 unspecified atom stereocenters. The Hall–Kier alpha value is -0.860. The summed E-state index contributed by atoms with van der Waals surface area (Å²) in [5.74, 6) is 0. The van der Waals surface area contributed by atoms with Gasteiger partial charge >= 0.3 is 0 Å². The maximum atomic E-state index is 5.99. The Labute approximate surface area is 135 Å². The van der Waals surface area contributed by atoms with Crippen LogP contribution >= 0.6 is 0 Å². The van der Waals surface area contributed by atoms with Crippen LogP contribution in [0.5, 0.6) is 0 Å². The van der Waals surface area contributed by atoms with Crippen LogP contribution in [0.3, 0.4) is 0 Å². The molecule has 3 atom stereocenters. The quantitative estimate of drug-likeness (QED) is 0.458.